The monoisotopic (exact) mass is 580 g/mol. The van der Waals surface area contributed by atoms with E-state index in [4.69, 9.17) is 0 Å². The van der Waals surface area contributed by atoms with Crippen molar-refractivity contribution in [3.8, 4) is 0 Å². The Hall–Kier alpha value is -0.903. The molecule has 0 nitrogen and oxygen atoms in total. The van der Waals surface area contributed by atoms with Crippen LogP contribution in [0.2, 0.25) is 13.1 Å². The fourth-order valence-corrected chi connectivity index (χ4v) is 13.6. The van der Waals surface area contributed by atoms with Gasteiger partial charge in [0.15, 0.2) is 0 Å². The maximum Gasteiger partial charge on any atom is 0.113 e. The van der Waals surface area contributed by atoms with Gasteiger partial charge in [0.1, 0.15) is 8.07 Å². The maximum atomic E-state index is 3.99. The molecule has 0 spiro atoms. The summed E-state index contributed by atoms with van der Waals surface area (Å²) >= 11 is 7.99. The summed E-state index contributed by atoms with van der Waals surface area (Å²) in [4.78, 5) is 0. The van der Waals surface area contributed by atoms with Gasteiger partial charge in [-0.15, -0.1) is 0 Å². The van der Waals surface area contributed by atoms with Crippen molar-refractivity contribution in [2.45, 2.75) is 78.3 Å². The number of halogens is 2. The lowest BCUT2D eigenvalue weighted by atomic mass is 9.78. The van der Waals surface area contributed by atoms with Crippen molar-refractivity contribution in [1.29, 1.82) is 0 Å². The zero-order valence-corrected chi connectivity index (χ0v) is 24.5. The van der Waals surface area contributed by atoms with Crippen molar-refractivity contribution in [2.75, 3.05) is 0 Å². The molecule has 0 amide bonds. The van der Waals surface area contributed by atoms with Gasteiger partial charge in [0, 0.05) is 20.8 Å². The molecule has 172 valence electrons. The fraction of sp³-hybridized carbons (Fsp3) is 0.467. The molecule has 33 heavy (non-hydrogen) atoms. The van der Waals surface area contributed by atoms with Gasteiger partial charge >= 0.3 is 0 Å². The molecule has 0 aliphatic heterocycles. The lowest BCUT2D eigenvalue weighted by molar-refractivity contribution is 0.636. The largest absolute Gasteiger partial charge is 0.113 e. The third-order valence-corrected chi connectivity index (χ3v) is 14.3. The van der Waals surface area contributed by atoms with Gasteiger partial charge in [-0.3, -0.25) is 0 Å². The van der Waals surface area contributed by atoms with E-state index in [1.165, 1.54) is 60.3 Å². The van der Waals surface area contributed by atoms with Crippen molar-refractivity contribution >= 4 is 39.9 Å². The molecule has 6 rings (SSSR count). The van der Waals surface area contributed by atoms with E-state index in [0.29, 0.717) is 11.8 Å². The first-order valence-corrected chi connectivity index (χ1v) is 17.4. The summed E-state index contributed by atoms with van der Waals surface area (Å²) in [5, 5.41) is 3.40. The lowest BCUT2D eigenvalue weighted by Gasteiger charge is -2.35. The second-order valence-electron chi connectivity index (χ2n) is 11.3. The van der Waals surface area contributed by atoms with Gasteiger partial charge < -0.3 is 0 Å². The van der Waals surface area contributed by atoms with E-state index >= 15 is 0 Å². The molecular formula is C30H34Br2Si. The van der Waals surface area contributed by atoms with Crippen LogP contribution < -0.4 is 0 Å². The molecule has 6 aliphatic carbocycles. The highest BCUT2D eigenvalue weighted by Crippen LogP contribution is 2.55. The first kappa shape index (κ1) is 22.6. The fourth-order valence-electron chi connectivity index (χ4n) is 7.88. The highest BCUT2D eigenvalue weighted by molar-refractivity contribution is 9.12. The third kappa shape index (κ3) is 3.32. The molecule has 0 aromatic rings. The summed E-state index contributed by atoms with van der Waals surface area (Å²) in [7, 11) is -1.91. The number of fused-ring (bicyclic) bond motifs is 4. The summed E-state index contributed by atoms with van der Waals surface area (Å²) in [6.07, 6.45) is 20.6. The molecule has 0 saturated heterocycles. The minimum Gasteiger partial charge on any atom is -0.0701 e. The first-order chi connectivity index (χ1) is 15.8. The van der Waals surface area contributed by atoms with E-state index in [0.717, 1.165) is 0 Å². The molecule has 2 atom stereocenters. The molecule has 3 heteroatoms. The first-order valence-electron chi connectivity index (χ1n) is 12.8. The van der Waals surface area contributed by atoms with Gasteiger partial charge in [0.2, 0.25) is 0 Å². The van der Waals surface area contributed by atoms with Crippen LogP contribution in [0.25, 0.3) is 0 Å². The van der Waals surface area contributed by atoms with Crippen LogP contribution in [0.4, 0.5) is 0 Å². The smallest absolute Gasteiger partial charge is 0.0701 e. The number of hydrogen-bond acceptors (Lipinski definition) is 0. The maximum absolute atomic E-state index is 3.99. The minimum atomic E-state index is -1.91. The highest BCUT2D eigenvalue weighted by atomic mass is 79.9. The number of allylic oxidation sites excluding steroid dienone is 16. The van der Waals surface area contributed by atoms with E-state index in [9.17, 15) is 0 Å². The zero-order valence-electron chi connectivity index (χ0n) is 20.4. The molecule has 0 aromatic heterocycles. The zero-order chi connectivity index (χ0) is 23.1. The third-order valence-electron chi connectivity index (χ3n) is 9.03. The molecular weight excluding hydrogens is 548 g/mol. The van der Waals surface area contributed by atoms with Crippen molar-refractivity contribution in [3.05, 3.63) is 88.2 Å². The highest BCUT2D eigenvalue weighted by Gasteiger charge is 2.45. The van der Waals surface area contributed by atoms with Crippen molar-refractivity contribution in [3.63, 3.8) is 0 Å². The van der Waals surface area contributed by atoms with Gasteiger partial charge in [-0.2, -0.15) is 0 Å². The average Bonchev–Trinajstić information content (AvgIpc) is 3.31. The predicted molar refractivity (Wildman–Crippen MR) is 151 cm³/mol. The molecule has 6 aliphatic rings. The van der Waals surface area contributed by atoms with Crippen LogP contribution in [0.3, 0.4) is 0 Å². The molecule has 0 fully saturated rings. The Morgan fingerprint density at radius 1 is 0.667 bits per heavy atom. The quantitative estimate of drug-likeness (QED) is 0.285. The van der Waals surface area contributed by atoms with Crippen LogP contribution in [-0.4, -0.2) is 8.07 Å². The summed E-state index contributed by atoms with van der Waals surface area (Å²) in [6.45, 7) is 10.0. The van der Waals surface area contributed by atoms with Gasteiger partial charge in [0.25, 0.3) is 0 Å². The van der Waals surface area contributed by atoms with Crippen molar-refractivity contribution in [2.24, 2.45) is 11.8 Å². The second kappa shape index (κ2) is 8.07. The molecule has 0 saturated carbocycles. The van der Waals surface area contributed by atoms with E-state index in [-0.39, 0.29) is 0 Å². The lowest BCUT2D eigenvalue weighted by Crippen LogP contribution is -2.35. The molecule has 0 heterocycles. The summed E-state index contributed by atoms with van der Waals surface area (Å²) in [6, 6.07) is 0. The number of rotatable bonds is 2. The summed E-state index contributed by atoms with van der Waals surface area (Å²) in [5.74, 6) is 1.05. The van der Waals surface area contributed by atoms with Crippen LogP contribution in [0.1, 0.15) is 65.2 Å². The number of hydrogen-bond donors (Lipinski definition) is 0. The Balaban J connectivity index is 1.50. The Bertz CT molecular complexity index is 1130. The van der Waals surface area contributed by atoms with Crippen molar-refractivity contribution < 1.29 is 0 Å². The van der Waals surface area contributed by atoms with Crippen molar-refractivity contribution in [1.82, 2.24) is 0 Å². The predicted octanol–water partition coefficient (Wildman–Crippen LogP) is 9.84. The Morgan fingerprint density at radius 2 is 1.06 bits per heavy atom. The Kier molecular flexibility index (Phi) is 5.51. The van der Waals surface area contributed by atoms with Gasteiger partial charge in [-0.05, 0) is 110 Å². The van der Waals surface area contributed by atoms with E-state index < -0.39 is 8.07 Å². The van der Waals surface area contributed by atoms with Gasteiger partial charge in [0.05, 0.1) is 0 Å². The minimum absolute atomic E-state index is 0.525. The average molecular weight is 582 g/mol. The van der Waals surface area contributed by atoms with E-state index in [1.54, 1.807) is 55.0 Å². The topological polar surface area (TPSA) is 0 Å². The molecule has 0 N–H and O–H groups in total. The summed E-state index contributed by atoms with van der Waals surface area (Å²) in [5.41, 5.74) is 12.9. The second-order valence-corrected chi connectivity index (χ2v) is 17.3. The van der Waals surface area contributed by atoms with Gasteiger partial charge in [-0.1, -0.05) is 79.4 Å². The Labute approximate surface area is 217 Å². The van der Waals surface area contributed by atoms with E-state index in [1.807, 2.05) is 0 Å². The molecule has 0 radical (unpaired) electrons. The molecule has 2 unspecified atom stereocenters. The van der Waals surface area contributed by atoms with Crippen LogP contribution >= 0.6 is 31.9 Å². The summed E-state index contributed by atoms with van der Waals surface area (Å²) < 4.78 is 2.72. The SMILES string of the molecule is CC1=CC2C(=C1[Si](C)(C)C1=C3C=C(Br)C4=C(CCCC4)C3C=C1C)C=C(Br)C1=C2CCCC1. The van der Waals surface area contributed by atoms with Crippen LogP contribution in [0.5, 0.6) is 0 Å². The van der Waals surface area contributed by atoms with Gasteiger partial charge in [-0.25, -0.2) is 0 Å². The van der Waals surface area contributed by atoms with Crippen LogP contribution in [0, 0.1) is 11.8 Å². The van der Waals surface area contributed by atoms with Crippen LogP contribution in [0.15, 0.2) is 88.2 Å². The normalized spacial score (nSPS) is 29.4. The Morgan fingerprint density at radius 3 is 1.48 bits per heavy atom. The standard InChI is InChI=1S/C30H34Br2Si/c1-17-13-23-19-9-5-7-11-21(19)27(31)15-25(23)29(17)33(3,4)30-18(2)14-24-20-10-6-8-12-22(20)28(32)16-26(24)30/h13-16,23-24H,5-12H2,1-4H3. The molecule has 0 bridgehead atoms. The van der Waals surface area contributed by atoms with Crippen LogP contribution in [-0.2, 0) is 0 Å². The van der Waals surface area contributed by atoms with E-state index in [2.05, 4.69) is 83.1 Å². The molecule has 0 aromatic carbocycles.